The lowest BCUT2D eigenvalue weighted by molar-refractivity contribution is -0.384. The second kappa shape index (κ2) is 10.4. The Hall–Kier alpha value is -2.90. The molecule has 33 heavy (non-hydrogen) atoms. The Balaban J connectivity index is 1.57. The molecule has 0 amide bonds. The summed E-state index contributed by atoms with van der Waals surface area (Å²) in [6.07, 6.45) is 5.66. The van der Waals surface area contributed by atoms with Gasteiger partial charge in [-0.1, -0.05) is 31.0 Å². The van der Waals surface area contributed by atoms with Crippen molar-refractivity contribution in [2.75, 3.05) is 6.61 Å². The van der Waals surface area contributed by atoms with Gasteiger partial charge in [-0.15, -0.1) is 0 Å². The molecule has 4 rings (SSSR count). The third-order valence-electron chi connectivity index (χ3n) is 5.82. The van der Waals surface area contributed by atoms with Crippen molar-refractivity contribution in [1.82, 2.24) is 5.09 Å². The fraction of sp³-hybridized carbons (Fsp3) is 0.435. The number of non-ortho nitro benzene ring substituents is 1. The molecule has 2 saturated carbocycles. The number of hydrogen-bond donors (Lipinski definition) is 1. The number of para-hydroxylation sites is 1. The van der Waals surface area contributed by atoms with E-state index in [0.717, 1.165) is 38.5 Å². The maximum Gasteiger partial charge on any atom is 0.513 e. The standard InChI is InChI=1S/C23H27N2O7P/c26-23(30-16-17-10-11-17)22(18-6-4-5-7-18)24-33(29,31-20-8-2-1-3-9-20)32-21-14-12-19(13-15-21)25(27)28/h1-3,8-9,12-15,17-18,22H,4-7,10-11,16H2,(H,24,29). The summed E-state index contributed by atoms with van der Waals surface area (Å²) in [5.41, 5.74) is -0.124. The van der Waals surface area contributed by atoms with E-state index >= 15 is 0 Å². The van der Waals surface area contributed by atoms with Gasteiger partial charge in [0.15, 0.2) is 0 Å². The predicted octanol–water partition coefficient (Wildman–Crippen LogP) is 5.26. The zero-order valence-electron chi connectivity index (χ0n) is 18.1. The Morgan fingerprint density at radius 2 is 1.61 bits per heavy atom. The minimum absolute atomic E-state index is 0.0511. The van der Waals surface area contributed by atoms with Crippen molar-refractivity contribution >= 4 is 19.4 Å². The summed E-state index contributed by atoms with van der Waals surface area (Å²) < 4.78 is 30.9. The molecule has 2 aliphatic rings. The van der Waals surface area contributed by atoms with Gasteiger partial charge in [-0.2, -0.15) is 5.09 Å². The number of ether oxygens (including phenoxy) is 1. The van der Waals surface area contributed by atoms with Crippen LogP contribution in [-0.4, -0.2) is 23.5 Å². The summed E-state index contributed by atoms with van der Waals surface area (Å²) >= 11 is 0. The molecular formula is C23H27N2O7P. The van der Waals surface area contributed by atoms with Gasteiger partial charge in [0.1, 0.15) is 17.5 Å². The maximum absolute atomic E-state index is 13.9. The van der Waals surface area contributed by atoms with E-state index in [9.17, 15) is 19.5 Å². The Labute approximate surface area is 192 Å². The van der Waals surface area contributed by atoms with Gasteiger partial charge in [0.05, 0.1) is 11.5 Å². The van der Waals surface area contributed by atoms with Gasteiger partial charge >= 0.3 is 13.7 Å². The van der Waals surface area contributed by atoms with Crippen LogP contribution in [0.2, 0.25) is 0 Å². The summed E-state index contributed by atoms with van der Waals surface area (Å²) in [6, 6.07) is 12.8. The number of nitro groups is 1. The monoisotopic (exact) mass is 474 g/mol. The van der Waals surface area contributed by atoms with E-state index in [0.29, 0.717) is 18.3 Å². The summed E-state index contributed by atoms with van der Waals surface area (Å²) in [4.78, 5) is 23.4. The summed E-state index contributed by atoms with van der Waals surface area (Å²) in [6.45, 7) is 0.358. The van der Waals surface area contributed by atoms with Crippen molar-refractivity contribution in [3.63, 3.8) is 0 Å². The van der Waals surface area contributed by atoms with E-state index < -0.39 is 24.7 Å². The van der Waals surface area contributed by atoms with Crippen molar-refractivity contribution < 1.29 is 28.1 Å². The van der Waals surface area contributed by atoms with Crippen LogP contribution in [0.25, 0.3) is 0 Å². The first kappa shape index (κ1) is 23.3. The first-order valence-electron chi connectivity index (χ1n) is 11.1. The van der Waals surface area contributed by atoms with Crippen LogP contribution in [0.5, 0.6) is 11.5 Å². The van der Waals surface area contributed by atoms with Crippen molar-refractivity contribution in [3.05, 3.63) is 64.7 Å². The van der Waals surface area contributed by atoms with Gasteiger partial charge in [-0.05, 0) is 61.8 Å². The predicted molar refractivity (Wildman–Crippen MR) is 121 cm³/mol. The van der Waals surface area contributed by atoms with Crippen LogP contribution in [-0.2, 0) is 14.1 Å². The van der Waals surface area contributed by atoms with Crippen LogP contribution >= 0.6 is 7.75 Å². The summed E-state index contributed by atoms with van der Waals surface area (Å²) in [5, 5.41) is 13.8. The Kier molecular flexibility index (Phi) is 7.30. The molecule has 0 radical (unpaired) electrons. The molecule has 2 aromatic rings. The van der Waals surface area contributed by atoms with Crippen molar-refractivity contribution in [3.8, 4) is 11.5 Å². The second-order valence-corrected chi connectivity index (χ2v) is 10.1. The number of esters is 1. The molecule has 2 fully saturated rings. The number of carbonyl (C=O) groups excluding carboxylic acids is 1. The molecule has 2 atom stereocenters. The highest BCUT2D eigenvalue weighted by atomic mass is 31.2. The molecule has 2 unspecified atom stereocenters. The average molecular weight is 474 g/mol. The Morgan fingerprint density at radius 1 is 1.00 bits per heavy atom. The second-order valence-electron chi connectivity index (χ2n) is 8.47. The maximum atomic E-state index is 13.9. The first-order valence-corrected chi connectivity index (χ1v) is 12.7. The van der Waals surface area contributed by atoms with Gasteiger partial charge < -0.3 is 13.8 Å². The lowest BCUT2D eigenvalue weighted by Gasteiger charge is -2.28. The van der Waals surface area contributed by atoms with Crippen LogP contribution in [0, 0.1) is 22.0 Å². The minimum Gasteiger partial charge on any atom is -0.464 e. The highest BCUT2D eigenvalue weighted by molar-refractivity contribution is 7.52. The molecule has 10 heteroatoms. The molecule has 9 nitrogen and oxygen atoms in total. The van der Waals surface area contributed by atoms with E-state index in [1.165, 1.54) is 24.3 Å². The highest BCUT2D eigenvalue weighted by Crippen LogP contribution is 2.47. The molecule has 0 saturated heterocycles. The molecule has 0 aliphatic heterocycles. The molecule has 2 aliphatic carbocycles. The molecule has 0 bridgehead atoms. The number of nitrogens with zero attached hydrogens (tertiary/aromatic N) is 1. The summed E-state index contributed by atoms with van der Waals surface area (Å²) in [5.74, 6) is 0.306. The number of rotatable bonds is 11. The molecule has 1 N–H and O–H groups in total. The number of nitrogens with one attached hydrogen (secondary N) is 1. The zero-order valence-corrected chi connectivity index (χ0v) is 19.0. The fourth-order valence-corrected chi connectivity index (χ4v) is 5.44. The lowest BCUT2D eigenvalue weighted by atomic mass is 9.99. The normalized spacial score (nSPS) is 18.8. The molecule has 0 spiro atoms. The SMILES string of the molecule is O=C(OCC1CC1)C(NP(=O)(Oc1ccccc1)Oc1ccc([N+](=O)[O-])cc1)C1CCCC1. The van der Waals surface area contributed by atoms with Gasteiger partial charge in [0.2, 0.25) is 0 Å². The largest absolute Gasteiger partial charge is 0.513 e. The van der Waals surface area contributed by atoms with E-state index in [1.807, 2.05) is 0 Å². The van der Waals surface area contributed by atoms with Crippen molar-refractivity contribution in [1.29, 1.82) is 0 Å². The Morgan fingerprint density at radius 3 is 2.18 bits per heavy atom. The molecule has 2 aromatic carbocycles. The third-order valence-corrected chi connectivity index (χ3v) is 7.32. The van der Waals surface area contributed by atoms with E-state index in [4.69, 9.17) is 13.8 Å². The van der Waals surface area contributed by atoms with E-state index in [-0.39, 0.29) is 17.4 Å². The lowest BCUT2D eigenvalue weighted by Crippen LogP contribution is -2.43. The smallest absolute Gasteiger partial charge is 0.464 e. The van der Waals surface area contributed by atoms with Gasteiger partial charge in [0, 0.05) is 12.1 Å². The molecular weight excluding hydrogens is 447 g/mol. The Bertz CT molecular complexity index is 1010. The zero-order chi connectivity index (χ0) is 23.3. The minimum atomic E-state index is -4.12. The van der Waals surface area contributed by atoms with E-state index in [2.05, 4.69) is 5.09 Å². The van der Waals surface area contributed by atoms with Crippen LogP contribution in [0.1, 0.15) is 38.5 Å². The number of carbonyl (C=O) groups is 1. The highest BCUT2D eigenvalue weighted by Gasteiger charge is 2.41. The number of benzene rings is 2. The van der Waals surface area contributed by atoms with Crippen LogP contribution in [0.4, 0.5) is 5.69 Å². The van der Waals surface area contributed by atoms with Crippen LogP contribution in [0.15, 0.2) is 54.6 Å². The van der Waals surface area contributed by atoms with Crippen molar-refractivity contribution in [2.24, 2.45) is 11.8 Å². The fourth-order valence-electron chi connectivity index (χ4n) is 3.84. The number of nitro benzene ring substituents is 1. The van der Waals surface area contributed by atoms with Gasteiger partial charge in [-0.3, -0.25) is 14.9 Å². The number of hydrogen-bond acceptors (Lipinski definition) is 7. The molecule has 0 aromatic heterocycles. The quantitative estimate of drug-likeness (QED) is 0.203. The average Bonchev–Trinajstić information content (AvgIpc) is 3.48. The van der Waals surface area contributed by atoms with E-state index in [1.54, 1.807) is 30.3 Å². The third kappa shape index (κ3) is 6.55. The summed E-state index contributed by atoms with van der Waals surface area (Å²) in [7, 11) is -4.12. The first-order chi connectivity index (χ1) is 15.9. The molecule has 176 valence electrons. The topological polar surface area (TPSA) is 117 Å². The molecule has 0 heterocycles. The van der Waals surface area contributed by atoms with Gasteiger partial charge in [-0.25, -0.2) is 4.57 Å². The van der Waals surface area contributed by atoms with Crippen molar-refractivity contribution in [2.45, 2.75) is 44.6 Å². The van der Waals surface area contributed by atoms with Gasteiger partial charge in [0.25, 0.3) is 5.69 Å². The van der Waals surface area contributed by atoms with Crippen LogP contribution in [0.3, 0.4) is 0 Å². The van der Waals surface area contributed by atoms with Crippen LogP contribution < -0.4 is 14.1 Å².